The maximum atomic E-state index is 11.8. The number of likely N-dealkylation sites (N-methyl/N-ethyl adjacent to an activating group) is 1. The van der Waals surface area contributed by atoms with Crippen LogP contribution in [0.25, 0.3) is 0 Å². The molecule has 1 fully saturated rings. The van der Waals surface area contributed by atoms with Gasteiger partial charge in [0.1, 0.15) is 0 Å². The fourth-order valence-corrected chi connectivity index (χ4v) is 3.32. The summed E-state index contributed by atoms with van der Waals surface area (Å²) in [5, 5.41) is 6.84. The van der Waals surface area contributed by atoms with E-state index in [0.717, 1.165) is 45.1 Å². The molecule has 6 nitrogen and oxygen atoms in total. The van der Waals surface area contributed by atoms with Crippen molar-refractivity contribution >= 4 is 41.5 Å². The van der Waals surface area contributed by atoms with E-state index in [1.807, 2.05) is 11.8 Å². The van der Waals surface area contributed by atoms with Crippen LogP contribution >= 0.6 is 24.0 Å². The molecule has 1 saturated heterocycles. The number of guanidine groups is 1. The molecule has 0 radical (unpaired) electrons. The van der Waals surface area contributed by atoms with Gasteiger partial charge in [-0.2, -0.15) is 0 Å². The van der Waals surface area contributed by atoms with E-state index in [-0.39, 0.29) is 35.9 Å². The van der Waals surface area contributed by atoms with Gasteiger partial charge in [0.15, 0.2) is 5.96 Å². The summed E-state index contributed by atoms with van der Waals surface area (Å²) in [6.07, 6.45) is 1.54. The number of halogens is 1. The van der Waals surface area contributed by atoms with Crippen molar-refractivity contribution < 1.29 is 4.79 Å². The Morgan fingerprint density at radius 2 is 2.15 bits per heavy atom. The van der Waals surface area contributed by atoms with Crippen molar-refractivity contribution in [1.82, 2.24) is 15.5 Å². The van der Waals surface area contributed by atoms with E-state index in [9.17, 15) is 4.79 Å². The Bertz CT molecular complexity index is 622. The molecule has 152 valence electrons. The van der Waals surface area contributed by atoms with E-state index in [1.54, 1.807) is 7.05 Å². The molecule has 2 rings (SSSR count). The molecule has 0 saturated carbocycles. The number of aliphatic imine (C=N–C) groups is 1. The van der Waals surface area contributed by atoms with Crippen molar-refractivity contribution in [3.8, 4) is 0 Å². The maximum absolute atomic E-state index is 11.8. The van der Waals surface area contributed by atoms with Gasteiger partial charge in [-0.05, 0) is 38.0 Å². The lowest BCUT2D eigenvalue weighted by Gasteiger charge is -2.25. The highest BCUT2D eigenvalue weighted by Gasteiger charge is 2.25. The molecular weight excluding hydrogens is 453 g/mol. The van der Waals surface area contributed by atoms with E-state index in [1.165, 1.54) is 11.3 Å². The van der Waals surface area contributed by atoms with Crippen molar-refractivity contribution in [1.29, 1.82) is 0 Å². The lowest BCUT2D eigenvalue weighted by molar-refractivity contribution is -0.129. The lowest BCUT2D eigenvalue weighted by Crippen LogP contribution is -2.47. The van der Waals surface area contributed by atoms with Crippen LogP contribution in [0.5, 0.6) is 0 Å². The highest BCUT2D eigenvalue weighted by atomic mass is 127. The summed E-state index contributed by atoms with van der Waals surface area (Å²) in [6, 6.07) is 8.87. The molecule has 0 bridgehead atoms. The number of hydrogen-bond donors (Lipinski definition) is 2. The Hall–Kier alpha value is -1.51. The summed E-state index contributed by atoms with van der Waals surface area (Å²) in [5.41, 5.74) is 2.53. The van der Waals surface area contributed by atoms with Gasteiger partial charge < -0.3 is 20.4 Å². The van der Waals surface area contributed by atoms with Gasteiger partial charge >= 0.3 is 0 Å². The minimum absolute atomic E-state index is 0. The summed E-state index contributed by atoms with van der Waals surface area (Å²) in [4.78, 5) is 20.4. The van der Waals surface area contributed by atoms with Gasteiger partial charge in [-0.15, -0.1) is 24.0 Å². The van der Waals surface area contributed by atoms with Crippen LogP contribution in [0.3, 0.4) is 0 Å². The minimum atomic E-state index is 0. The first-order valence-electron chi connectivity index (χ1n) is 9.63. The van der Waals surface area contributed by atoms with Crippen LogP contribution in [-0.2, 0) is 4.79 Å². The largest absolute Gasteiger partial charge is 0.370 e. The average molecular weight is 487 g/mol. The predicted molar refractivity (Wildman–Crippen MR) is 124 cm³/mol. The number of amides is 1. The molecule has 1 aromatic carbocycles. The van der Waals surface area contributed by atoms with Crippen LogP contribution in [0, 0.1) is 6.92 Å². The topological polar surface area (TPSA) is 60.0 Å². The van der Waals surface area contributed by atoms with Gasteiger partial charge in [-0.3, -0.25) is 9.79 Å². The molecule has 1 aliphatic heterocycles. The van der Waals surface area contributed by atoms with Gasteiger partial charge in [0.2, 0.25) is 5.91 Å². The predicted octanol–water partition coefficient (Wildman–Crippen LogP) is 2.62. The Kier molecular flexibility index (Phi) is 10.5. The Morgan fingerprint density at radius 1 is 1.37 bits per heavy atom. The molecule has 0 spiro atoms. The SMILES string of the molecule is CCC(=O)N1CCC(NC(=NC)NCCN(CC)c2cccc(C)c2)C1.I. The Balaban J connectivity index is 0.00000364. The van der Waals surface area contributed by atoms with Crippen LogP contribution in [0.4, 0.5) is 5.69 Å². The smallest absolute Gasteiger partial charge is 0.222 e. The van der Waals surface area contributed by atoms with Gasteiger partial charge in [0.25, 0.3) is 0 Å². The number of rotatable bonds is 7. The number of likely N-dealkylation sites (tertiary alicyclic amines) is 1. The number of anilines is 1. The van der Waals surface area contributed by atoms with Crippen molar-refractivity contribution in [3.05, 3.63) is 29.8 Å². The van der Waals surface area contributed by atoms with Crippen LogP contribution in [-0.4, -0.2) is 62.6 Å². The second kappa shape index (κ2) is 12.0. The van der Waals surface area contributed by atoms with Crippen LogP contribution in [0.1, 0.15) is 32.3 Å². The highest BCUT2D eigenvalue weighted by Crippen LogP contribution is 2.15. The van der Waals surface area contributed by atoms with E-state index in [0.29, 0.717) is 6.42 Å². The number of carbonyl (C=O) groups excluding carboxylic acids is 1. The zero-order valence-corrected chi connectivity index (χ0v) is 19.3. The van der Waals surface area contributed by atoms with Crippen molar-refractivity contribution in [2.24, 2.45) is 4.99 Å². The molecule has 0 aliphatic carbocycles. The number of benzene rings is 1. The number of aryl methyl sites for hydroxylation is 1. The zero-order chi connectivity index (χ0) is 18.9. The summed E-state index contributed by atoms with van der Waals surface area (Å²) in [6.45, 7) is 10.5. The third-order valence-electron chi connectivity index (χ3n) is 4.83. The van der Waals surface area contributed by atoms with Gasteiger partial charge in [-0.1, -0.05) is 19.1 Å². The normalized spacial score (nSPS) is 16.7. The van der Waals surface area contributed by atoms with Crippen LogP contribution < -0.4 is 15.5 Å². The van der Waals surface area contributed by atoms with Crippen molar-refractivity contribution in [2.45, 2.75) is 39.7 Å². The van der Waals surface area contributed by atoms with E-state index in [2.05, 4.69) is 58.6 Å². The van der Waals surface area contributed by atoms with E-state index < -0.39 is 0 Å². The monoisotopic (exact) mass is 487 g/mol. The van der Waals surface area contributed by atoms with Gasteiger partial charge in [0.05, 0.1) is 0 Å². The molecule has 1 unspecified atom stereocenters. The summed E-state index contributed by atoms with van der Waals surface area (Å²) >= 11 is 0. The third-order valence-corrected chi connectivity index (χ3v) is 4.83. The zero-order valence-electron chi connectivity index (χ0n) is 17.0. The first-order chi connectivity index (χ1) is 12.6. The Morgan fingerprint density at radius 3 is 2.78 bits per heavy atom. The third kappa shape index (κ3) is 7.20. The standard InChI is InChI=1S/C20H33N5O.HI/c1-5-19(26)25-12-10-17(15-25)23-20(21-4)22-11-13-24(6-2)18-9-7-8-16(3)14-18;/h7-9,14,17H,5-6,10-13,15H2,1-4H3,(H2,21,22,23);1H. The second-order valence-corrected chi connectivity index (χ2v) is 6.74. The quantitative estimate of drug-likeness (QED) is 0.353. The molecule has 1 aromatic rings. The number of nitrogens with one attached hydrogen (secondary N) is 2. The van der Waals surface area contributed by atoms with E-state index in [4.69, 9.17) is 0 Å². The summed E-state index contributed by atoms with van der Waals surface area (Å²) < 4.78 is 0. The lowest BCUT2D eigenvalue weighted by atomic mass is 10.2. The van der Waals surface area contributed by atoms with Crippen LogP contribution in [0.15, 0.2) is 29.3 Å². The second-order valence-electron chi connectivity index (χ2n) is 6.74. The van der Waals surface area contributed by atoms with E-state index >= 15 is 0 Å². The van der Waals surface area contributed by atoms with Crippen molar-refractivity contribution in [2.75, 3.05) is 44.7 Å². The highest BCUT2D eigenvalue weighted by molar-refractivity contribution is 14.0. The molecular formula is C20H34IN5O. The fraction of sp³-hybridized carbons (Fsp3) is 0.600. The number of nitrogens with zero attached hydrogens (tertiary/aromatic N) is 3. The molecule has 7 heteroatoms. The molecule has 2 N–H and O–H groups in total. The van der Waals surface area contributed by atoms with Gasteiger partial charge in [-0.25, -0.2) is 0 Å². The van der Waals surface area contributed by atoms with Crippen molar-refractivity contribution in [3.63, 3.8) is 0 Å². The average Bonchev–Trinajstić information content (AvgIpc) is 3.12. The number of carbonyl (C=O) groups is 1. The molecule has 1 aliphatic rings. The molecule has 1 atom stereocenters. The first kappa shape index (κ1) is 23.5. The number of hydrogen-bond acceptors (Lipinski definition) is 3. The molecule has 1 heterocycles. The summed E-state index contributed by atoms with van der Waals surface area (Å²) in [7, 11) is 1.79. The minimum Gasteiger partial charge on any atom is -0.370 e. The first-order valence-corrected chi connectivity index (χ1v) is 9.63. The Labute approximate surface area is 180 Å². The van der Waals surface area contributed by atoms with Gasteiger partial charge in [0, 0.05) is 57.9 Å². The summed E-state index contributed by atoms with van der Waals surface area (Å²) in [5.74, 6) is 1.04. The molecule has 0 aromatic heterocycles. The van der Waals surface area contributed by atoms with Crippen LogP contribution in [0.2, 0.25) is 0 Å². The molecule has 27 heavy (non-hydrogen) atoms. The molecule has 1 amide bonds. The fourth-order valence-electron chi connectivity index (χ4n) is 3.32. The maximum Gasteiger partial charge on any atom is 0.222 e.